The van der Waals surface area contributed by atoms with E-state index in [0.717, 1.165) is 10.8 Å². The highest BCUT2D eigenvalue weighted by atomic mass is 16.5. The van der Waals surface area contributed by atoms with Crippen molar-refractivity contribution in [1.82, 2.24) is 0 Å². The van der Waals surface area contributed by atoms with Crippen LogP contribution in [-0.2, 0) is 4.79 Å². The first kappa shape index (κ1) is 12.1. The lowest BCUT2D eigenvalue weighted by molar-refractivity contribution is -0.128. The van der Waals surface area contributed by atoms with Gasteiger partial charge in [0.05, 0.1) is 0 Å². The summed E-state index contributed by atoms with van der Waals surface area (Å²) in [6, 6.07) is 13.5. The Bertz CT molecular complexity index is 609. The molecule has 2 nitrogen and oxygen atoms in total. The summed E-state index contributed by atoms with van der Waals surface area (Å²) >= 11 is 0. The Morgan fingerprint density at radius 3 is 2.61 bits per heavy atom. The Balaban J connectivity index is 2.14. The Kier molecular flexibility index (Phi) is 3.92. The van der Waals surface area contributed by atoms with Gasteiger partial charge in [0.1, 0.15) is 5.75 Å². The maximum atomic E-state index is 11.5. The Labute approximate surface area is 106 Å². The summed E-state index contributed by atoms with van der Waals surface area (Å²) in [4.78, 5) is 11.5. The van der Waals surface area contributed by atoms with Gasteiger partial charge in [-0.15, -0.1) is 0 Å². The van der Waals surface area contributed by atoms with Crippen LogP contribution in [0, 0.1) is 0 Å². The number of benzene rings is 2. The number of rotatable bonds is 3. The largest absolute Gasteiger partial charge is 0.423 e. The van der Waals surface area contributed by atoms with Crippen molar-refractivity contribution in [1.29, 1.82) is 0 Å². The first-order valence-electron chi connectivity index (χ1n) is 5.79. The van der Waals surface area contributed by atoms with Crippen LogP contribution in [0.4, 0.5) is 0 Å². The molecule has 0 heterocycles. The van der Waals surface area contributed by atoms with Gasteiger partial charge in [-0.05, 0) is 29.8 Å². The molecule has 0 saturated heterocycles. The molecule has 0 spiro atoms. The second-order valence-corrected chi connectivity index (χ2v) is 3.81. The number of allylic oxidation sites excluding steroid dienone is 3. The molecule has 0 radical (unpaired) electrons. The highest BCUT2D eigenvalue weighted by Gasteiger charge is 2.01. The number of fused-ring (bicyclic) bond motifs is 1. The fourth-order valence-electron chi connectivity index (χ4n) is 1.63. The molecule has 2 aromatic carbocycles. The number of carbonyl (C=O) groups excluding carboxylic acids is 1. The summed E-state index contributed by atoms with van der Waals surface area (Å²) in [5.74, 6) is 0.187. The first-order valence-corrected chi connectivity index (χ1v) is 5.79. The van der Waals surface area contributed by atoms with Gasteiger partial charge in [0.25, 0.3) is 0 Å². The van der Waals surface area contributed by atoms with E-state index in [1.807, 2.05) is 49.4 Å². The van der Waals surface area contributed by atoms with E-state index in [1.54, 1.807) is 18.2 Å². The van der Waals surface area contributed by atoms with E-state index >= 15 is 0 Å². The third kappa shape index (κ3) is 3.08. The molecule has 2 heteroatoms. The van der Waals surface area contributed by atoms with Crippen LogP contribution in [0.3, 0.4) is 0 Å². The van der Waals surface area contributed by atoms with E-state index in [-0.39, 0.29) is 5.97 Å². The SMILES string of the molecule is CC=CC=CC(=O)Oc1ccc2ccccc2c1. The van der Waals surface area contributed by atoms with E-state index < -0.39 is 0 Å². The third-order valence-electron chi connectivity index (χ3n) is 2.48. The van der Waals surface area contributed by atoms with Crippen molar-refractivity contribution < 1.29 is 9.53 Å². The zero-order valence-electron chi connectivity index (χ0n) is 10.2. The van der Waals surface area contributed by atoms with Crippen molar-refractivity contribution in [3.63, 3.8) is 0 Å². The second kappa shape index (κ2) is 5.82. The van der Waals surface area contributed by atoms with Gasteiger partial charge in [-0.25, -0.2) is 4.79 Å². The summed E-state index contributed by atoms with van der Waals surface area (Å²) in [6.07, 6.45) is 6.68. The van der Waals surface area contributed by atoms with Gasteiger partial charge in [0.2, 0.25) is 0 Å². The maximum absolute atomic E-state index is 11.5. The van der Waals surface area contributed by atoms with Gasteiger partial charge in [-0.1, -0.05) is 48.6 Å². The predicted molar refractivity (Wildman–Crippen MR) is 73.5 cm³/mol. The molecular formula is C16H14O2. The van der Waals surface area contributed by atoms with Gasteiger partial charge >= 0.3 is 5.97 Å². The molecule has 0 unspecified atom stereocenters. The number of hydrogen-bond donors (Lipinski definition) is 0. The molecule has 0 atom stereocenters. The van der Waals surface area contributed by atoms with Crippen LogP contribution in [0.5, 0.6) is 5.75 Å². The monoisotopic (exact) mass is 238 g/mol. The van der Waals surface area contributed by atoms with Crippen LogP contribution >= 0.6 is 0 Å². The first-order chi connectivity index (χ1) is 8.79. The van der Waals surface area contributed by atoms with Crippen molar-refractivity contribution in [2.75, 3.05) is 0 Å². The van der Waals surface area contributed by atoms with Crippen LogP contribution < -0.4 is 4.74 Å². The normalized spacial score (nSPS) is 11.4. The fraction of sp³-hybridized carbons (Fsp3) is 0.0625. The summed E-state index contributed by atoms with van der Waals surface area (Å²) in [5.41, 5.74) is 0. The van der Waals surface area contributed by atoms with Crippen molar-refractivity contribution in [2.45, 2.75) is 6.92 Å². The van der Waals surface area contributed by atoms with E-state index in [9.17, 15) is 4.79 Å². The van der Waals surface area contributed by atoms with Crippen LogP contribution in [-0.4, -0.2) is 5.97 Å². The number of hydrogen-bond acceptors (Lipinski definition) is 2. The maximum Gasteiger partial charge on any atom is 0.336 e. The highest BCUT2D eigenvalue weighted by Crippen LogP contribution is 2.20. The zero-order chi connectivity index (χ0) is 12.8. The smallest absolute Gasteiger partial charge is 0.336 e. The molecule has 2 aromatic rings. The Morgan fingerprint density at radius 1 is 1.06 bits per heavy atom. The third-order valence-corrected chi connectivity index (χ3v) is 2.48. The molecular weight excluding hydrogens is 224 g/mol. The van der Waals surface area contributed by atoms with Crippen molar-refractivity contribution >= 4 is 16.7 Å². The molecule has 2 rings (SSSR count). The van der Waals surface area contributed by atoms with Crippen molar-refractivity contribution in [3.05, 3.63) is 66.8 Å². The quantitative estimate of drug-likeness (QED) is 0.351. The van der Waals surface area contributed by atoms with Gasteiger partial charge in [-0.2, -0.15) is 0 Å². The van der Waals surface area contributed by atoms with Gasteiger partial charge in [0.15, 0.2) is 0 Å². The molecule has 18 heavy (non-hydrogen) atoms. The summed E-state index contributed by atoms with van der Waals surface area (Å²) in [5, 5.41) is 2.18. The molecule has 0 N–H and O–H groups in total. The summed E-state index contributed by atoms with van der Waals surface area (Å²) < 4.78 is 5.21. The lowest BCUT2D eigenvalue weighted by Gasteiger charge is -2.03. The lowest BCUT2D eigenvalue weighted by Crippen LogP contribution is -2.03. The minimum absolute atomic E-state index is 0.372. The zero-order valence-corrected chi connectivity index (χ0v) is 10.2. The Hall–Kier alpha value is -2.35. The molecule has 90 valence electrons. The number of ether oxygens (including phenoxy) is 1. The molecule has 0 aliphatic rings. The molecule has 0 fully saturated rings. The van der Waals surface area contributed by atoms with Gasteiger partial charge in [0, 0.05) is 6.08 Å². The standard InChI is InChI=1S/C16H14O2/c1-2-3-4-9-16(17)18-15-11-10-13-7-5-6-8-14(13)12-15/h2-12H,1H3. The Morgan fingerprint density at radius 2 is 1.83 bits per heavy atom. The molecule has 0 saturated carbocycles. The van der Waals surface area contributed by atoms with Crippen LogP contribution in [0.15, 0.2) is 66.8 Å². The number of esters is 1. The molecule has 0 aliphatic heterocycles. The van der Waals surface area contributed by atoms with Crippen LogP contribution in [0.1, 0.15) is 6.92 Å². The highest BCUT2D eigenvalue weighted by molar-refractivity contribution is 5.87. The number of carbonyl (C=O) groups is 1. The fourth-order valence-corrected chi connectivity index (χ4v) is 1.63. The minimum atomic E-state index is -0.372. The summed E-state index contributed by atoms with van der Waals surface area (Å²) in [6.45, 7) is 1.89. The second-order valence-electron chi connectivity index (χ2n) is 3.81. The van der Waals surface area contributed by atoms with Crippen LogP contribution in [0.2, 0.25) is 0 Å². The molecule has 0 aromatic heterocycles. The van der Waals surface area contributed by atoms with Crippen molar-refractivity contribution in [3.8, 4) is 5.75 Å². The predicted octanol–water partition coefficient (Wildman–Crippen LogP) is 3.88. The van der Waals surface area contributed by atoms with Gasteiger partial charge in [-0.3, -0.25) is 0 Å². The summed E-state index contributed by atoms with van der Waals surface area (Å²) in [7, 11) is 0. The molecule has 0 aliphatic carbocycles. The van der Waals surface area contributed by atoms with E-state index in [4.69, 9.17) is 4.74 Å². The van der Waals surface area contributed by atoms with E-state index in [2.05, 4.69) is 0 Å². The van der Waals surface area contributed by atoms with Crippen molar-refractivity contribution in [2.24, 2.45) is 0 Å². The van der Waals surface area contributed by atoms with Gasteiger partial charge < -0.3 is 4.74 Å². The van der Waals surface area contributed by atoms with E-state index in [1.165, 1.54) is 6.08 Å². The molecule has 0 bridgehead atoms. The van der Waals surface area contributed by atoms with E-state index in [0.29, 0.717) is 5.75 Å². The topological polar surface area (TPSA) is 26.3 Å². The average Bonchev–Trinajstić information content (AvgIpc) is 2.39. The lowest BCUT2D eigenvalue weighted by atomic mass is 10.1. The minimum Gasteiger partial charge on any atom is -0.423 e. The molecule has 0 amide bonds. The average molecular weight is 238 g/mol. The van der Waals surface area contributed by atoms with Crippen LogP contribution in [0.25, 0.3) is 10.8 Å².